The van der Waals surface area contributed by atoms with Crippen molar-refractivity contribution >= 4 is 5.69 Å². The van der Waals surface area contributed by atoms with Crippen molar-refractivity contribution in [1.82, 2.24) is 4.90 Å². The van der Waals surface area contributed by atoms with E-state index in [1.165, 1.54) is 44.3 Å². The van der Waals surface area contributed by atoms with Gasteiger partial charge in [0.15, 0.2) is 0 Å². The van der Waals surface area contributed by atoms with E-state index in [0.29, 0.717) is 0 Å². The average molecular weight is 258 g/mol. The predicted octanol–water partition coefficient (Wildman–Crippen LogP) is 3.42. The van der Waals surface area contributed by atoms with E-state index >= 15 is 0 Å². The molecule has 2 heteroatoms. The number of nitrogen functional groups attached to an aromatic ring is 1. The Morgan fingerprint density at radius 1 is 1.11 bits per heavy atom. The van der Waals surface area contributed by atoms with Crippen molar-refractivity contribution in [2.24, 2.45) is 5.92 Å². The molecule has 2 N–H and O–H groups in total. The first-order chi connectivity index (χ1) is 9.04. The predicted molar refractivity (Wildman–Crippen MR) is 81.2 cm³/mol. The van der Waals surface area contributed by atoms with Crippen LogP contribution in [0.3, 0.4) is 0 Å². The summed E-state index contributed by atoms with van der Waals surface area (Å²) in [6.45, 7) is 7.22. The highest BCUT2D eigenvalue weighted by molar-refractivity contribution is 5.41. The maximum Gasteiger partial charge on any atom is 0.0314 e. The first kappa shape index (κ1) is 13.0. The molecule has 2 fully saturated rings. The number of nitrogens with two attached hydrogens (primary N) is 1. The first-order valence-corrected chi connectivity index (χ1v) is 7.65. The Morgan fingerprint density at radius 3 is 2.26 bits per heavy atom. The SMILES string of the molecule is CC(C)(CN(CC1CC1)C1CC1)c1ccc(N)cc1. The molecule has 0 amide bonds. The molecule has 2 nitrogen and oxygen atoms in total. The summed E-state index contributed by atoms with van der Waals surface area (Å²) < 4.78 is 0. The van der Waals surface area contributed by atoms with Crippen molar-refractivity contribution in [3.63, 3.8) is 0 Å². The van der Waals surface area contributed by atoms with E-state index in [1.54, 1.807) is 0 Å². The number of benzene rings is 1. The lowest BCUT2D eigenvalue weighted by atomic mass is 9.84. The molecule has 0 atom stereocenters. The molecule has 2 saturated carbocycles. The van der Waals surface area contributed by atoms with Crippen molar-refractivity contribution < 1.29 is 0 Å². The minimum Gasteiger partial charge on any atom is -0.399 e. The largest absolute Gasteiger partial charge is 0.399 e. The highest BCUT2D eigenvalue weighted by Crippen LogP contribution is 2.37. The lowest BCUT2D eigenvalue weighted by molar-refractivity contribution is 0.206. The maximum atomic E-state index is 5.79. The molecule has 0 aromatic heterocycles. The van der Waals surface area contributed by atoms with E-state index in [-0.39, 0.29) is 5.41 Å². The van der Waals surface area contributed by atoms with Gasteiger partial charge in [-0.25, -0.2) is 0 Å². The third-order valence-corrected chi connectivity index (χ3v) is 4.54. The molecule has 104 valence electrons. The molecule has 0 saturated heterocycles. The van der Waals surface area contributed by atoms with Crippen LogP contribution >= 0.6 is 0 Å². The molecule has 1 aromatic carbocycles. The van der Waals surface area contributed by atoms with E-state index in [9.17, 15) is 0 Å². The molecule has 0 radical (unpaired) electrons. The van der Waals surface area contributed by atoms with Crippen LogP contribution in [0.4, 0.5) is 5.69 Å². The summed E-state index contributed by atoms with van der Waals surface area (Å²) in [6.07, 6.45) is 5.71. The van der Waals surface area contributed by atoms with Crippen LogP contribution in [0.1, 0.15) is 45.1 Å². The van der Waals surface area contributed by atoms with Gasteiger partial charge in [0.25, 0.3) is 0 Å². The highest BCUT2D eigenvalue weighted by Gasteiger charge is 2.36. The average Bonchev–Trinajstić information content (AvgIpc) is 3.23. The summed E-state index contributed by atoms with van der Waals surface area (Å²) in [5, 5.41) is 0. The number of hydrogen-bond acceptors (Lipinski definition) is 2. The Balaban J connectivity index is 1.69. The molecule has 3 rings (SSSR count). The van der Waals surface area contributed by atoms with Gasteiger partial charge in [-0.15, -0.1) is 0 Å². The molecule has 2 aliphatic carbocycles. The van der Waals surface area contributed by atoms with E-state index in [1.807, 2.05) is 12.1 Å². The van der Waals surface area contributed by atoms with Gasteiger partial charge < -0.3 is 5.73 Å². The van der Waals surface area contributed by atoms with E-state index in [2.05, 4.69) is 30.9 Å². The molecule has 19 heavy (non-hydrogen) atoms. The topological polar surface area (TPSA) is 29.3 Å². The maximum absolute atomic E-state index is 5.79. The van der Waals surface area contributed by atoms with Gasteiger partial charge in [0, 0.05) is 30.2 Å². The summed E-state index contributed by atoms with van der Waals surface area (Å²) in [5.41, 5.74) is 8.27. The van der Waals surface area contributed by atoms with Gasteiger partial charge in [-0.05, 0) is 49.3 Å². The quantitative estimate of drug-likeness (QED) is 0.792. The van der Waals surface area contributed by atoms with Crippen LogP contribution in [-0.4, -0.2) is 24.0 Å². The van der Waals surface area contributed by atoms with E-state index in [0.717, 1.165) is 17.6 Å². The van der Waals surface area contributed by atoms with Gasteiger partial charge in [-0.2, -0.15) is 0 Å². The minimum atomic E-state index is 0.213. The molecule has 0 unspecified atom stereocenters. The molecule has 0 aliphatic heterocycles. The standard InChI is InChI=1S/C17H26N2/c1-17(2,14-5-7-15(18)8-6-14)12-19(16-9-10-16)11-13-3-4-13/h5-8,13,16H,3-4,9-12,18H2,1-2H3. The number of hydrogen-bond donors (Lipinski definition) is 1. The Hall–Kier alpha value is -1.02. The Morgan fingerprint density at radius 2 is 1.74 bits per heavy atom. The van der Waals surface area contributed by atoms with Crippen LogP contribution < -0.4 is 5.73 Å². The number of nitrogens with zero attached hydrogens (tertiary/aromatic N) is 1. The second-order valence-electron chi connectivity index (χ2n) is 7.11. The third-order valence-electron chi connectivity index (χ3n) is 4.54. The molecule has 2 aliphatic rings. The summed E-state index contributed by atoms with van der Waals surface area (Å²) >= 11 is 0. The number of rotatable bonds is 6. The zero-order valence-electron chi connectivity index (χ0n) is 12.2. The van der Waals surface area contributed by atoms with Crippen LogP contribution in [0.2, 0.25) is 0 Å². The monoisotopic (exact) mass is 258 g/mol. The highest BCUT2D eigenvalue weighted by atomic mass is 15.2. The second-order valence-corrected chi connectivity index (χ2v) is 7.11. The van der Waals surface area contributed by atoms with E-state index in [4.69, 9.17) is 5.73 Å². The van der Waals surface area contributed by atoms with Crippen molar-refractivity contribution in [3.8, 4) is 0 Å². The fourth-order valence-electron chi connectivity index (χ4n) is 2.95. The Bertz CT molecular complexity index is 427. The van der Waals surface area contributed by atoms with Gasteiger partial charge in [-0.3, -0.25) is 4.90 Å². The zero-order valence-corrected chi connectivity index (χ0v) is 12.2. The zero-order chi connectivity index (χ0) is 13.5. The van der Waals surface area contributed by atoms with Gasteiger partial charge in [-0.1, -0.05) is 26.0 Å². The summed E-state index contributed by atoms with van der Waals surface area (Å²) in [4.78, 5) is 2.74. The molecule has 0 heterocycles. The normalized spacial score (nSPS) is 19.9. The molecular formula is C17H26N2. The van der Waals surface area contributed by atoms with Gasteiger partial charge >= 0.3 is 0 Å². The Kier molecular flexibility index (Phi) is 3.30. The van der Waals surface area contributed by atoms with Crippen molar-refractivity contribution in [2.75, 3.05) is 18.8 Å². The van der Waals surface area contributed by atoms with Gasteiger partial charge in [0.05, 0.1) is 0 Å². The number of anilines is 1. The van der Waals surface area contributed by atoms with E-state index < -0.39 is 0 Å². The fourth-order valence-corrected chi connectivity index (χ4v) is 2.95. The lowest BCUT2D eigenvalue weighted by Crippen LogP contribution is -2.39. The Labute approximate surface area is 117 Å². The first-order valence-electron chi connectivity index (χ1n) is 7.65. The van der Waals surface area contributed by atoms with Gasteiger partial charge in [0.1, 0.15) is 0 Å². The van der Waals surface area contributed by atoms with Crippen LogP contribution in [0.25, 0.3) is 0 Å². The van der Waals surface area contributed by atoms with Crippen molar-refractivity contribution in [1.29, 1.82) is 0 Å². The third kappa shape index (κ3) is 3.30. The van der Waals surface area contributed by atoms with Crippen LogP contribution in [-0.2, 0) is 5.41 Å². The van der Waals surface area contributed by atoms with Crippen LogP contribution in [0.5, 0.6) is 0 Å². The van der Waals surface area contributed by atoms with Crippen LogP contribution in [0.15, 0.2) is 24.3 Å². The lowest BCUT2D eigenvalue weighted by Gasteiger charge is -2.33. The molecule has 0 spiro atoms. The van der Waals surface area contributed by atoms with Crippen LogP contribution in [0, 0.1) is 5.92 Å². The van der Waals surface area contributed by atoms with Gasteiger partial charge in [0.2, 0.25) is 0 Å². The second kappa shape index (κ2) is 4.82. The fraction of sp³-hybridized carbons (Fsp3) is 0.647. The smallest absolute Gasteiger partial charge is 0.0314 e. The summed E-state index contributed by atoms with van der Waals surface area (Å²) in [6, 6.07) is 9.31. The molecule has 0 bridgehead atoms. The summed E-state index contributed by atoms with van der Waals surface area (Å²) in [7, 11) is 0. The van der Waals surface area contributed by atoms with Crippen molar-refractivity contribution in [2.45, 2.75) is 51.0 Å². The molecular weight excluding hydrogens is 232 g/mol. The van der Waals surface area contributed by atoms with Crippen molar-refractivity contribution in [3.05, 3.63) is 29.8 Å². The summed E-state index contributed by atoms with van der Waals surface area (Å²) in [5.74, 6) is 0.989. The minimum absolute atomic E-state index is 0.213. The molecule has 1 aromatic rings.